The summed E-state index contributed by atoms with van der Waals surface area (Å²) in [4.78, 5) is 16.8. The lowest BCUT2D eigenvalue weighted by Gasteiger charge is -2.35. The Morgan fingerprint density at radius 2 is 1.82 bits per heavy atom. The van der Waals surface area contributed by atoms with Crippen molar-refractivity contribution in [3.63, 3.8) is 0 Å². The molecular weight excluding hydrogens is 354 g/mol. The highest BCUT2D eigenvalue weighted by molar-refractivity contribution is 5.74. The van der Waals surface area contributed by atoms with Crippen LogP contribution < -0.4 is 5.32 Å². The molecule has 2 saturated heterocycles. The molecule has 156 valence electrons. The number of rotatable bonds is 6. The van der Waals surface area contributed by atoms with E-state index in [-0.39, 0.29) is 24.3 Å². The first-order valence-corrected chi connectivity index (χ1v) is 10.6. The zero-order valence-electron chi connectivity index (χ0n) is 17.5. The normalized spacial score (nSPS) is 26.2. The van der Waals surface area contributed by atoms with Crippen LogP contribution in [-0.4, -0.2) is 66.9 Å². The highest BCUT2D eigenvalue weighted by Crippen LogP contribution is 2.16. The predicted molar refractivity (Wildman–Crippen MR) is 110 cm³/mol. The minimum absolute atomic E-state index is 0.00442. The largest absolute Gasteiger partial charge is 0.377 e. The summed E-state index contributed by atoms with van der Waals surface area (Å²) in [6, 6.07) is 8.56. The van der Waals surface area contributed by atoms with Gasteiger partial charge in [0.1, 0.15) is 0 Å². The smallest absolute Gasteiger partial charge is 0.317 e. The first-order chi connectivity index (χ1) is 13.5. The van der Waals surface area contributed by atoms with Gasteiger partial charge in [0.25, 0.3) is 0 Å². The van der Waals surface area contributed by atoms with Gasteiger partial charge in [0.05, 0.1) is 18.3 Å². The molecule has 2 aliphatic rings. The lowest BCUT2D eigenvalue weighted by molar-refractivity contribution is -0.0704. The fourth-order valence-electron chi connectivity index (χ4n) is 4.22. The van der Waals surface area contributed by atoms with Crippen LogP contribution in [0.25, 0.3) is 0 Å². The van der Waals surface area contributed by atoms with E-state index >= 15 is 0 Å². The van der Waals surface area contributed by atoms with Crippen LogP contribution in [0.15, 0.2) is 24.3 Å². The monoisotopic (exact) mass is 389 g/mol. The van der Waals surface area contributed by atoms with Crippen molar-refractivity contribution >= 4 is 6.03 Å². The molecule has 1 N–H and O–H groups in total. The van der Waals surface area contributed by atoms with Crippen molar-refractivity contribution in [2.75, 3.05) is 32.8 Å². The van der Waals surface area contributed by atoms with Gasteiger partial charge in [-0.25, -0.2) is 4.79 Å². The molecule has 0 aromatic heterocycles. The van der Waals surface area contributed by atoms with E-state index in [2.05, 4.69) is 48.3 Å². The Labute approximate surface area is 169 Å². The molecule has 0 saturated carbocycles. The van der Waals surface area contributed by atoms with E-state index in [9.17, 15) is 4.79 Å². The number of morpholine rings is 1. The molecule has 3 rings (SSSR count). The second kappa shape index (κ2) is 10.2. The van der Waals surface area contributed by atoms with E-state index < -0.39 is 0 Å². The van der Waals surface area contributed by atoms with E-state index in [0.717, 1.165) is 44.6 Å². The summed E-state index contributed by atoms with van der Waals surface area (Å²) in [5.41, 5.74) is 2.42. The predicted octanol–water partition coefficient (Wildman–Crippen LogP) is 3.01. The zero-order valence-corrected chi connectivity index (χ0v) is 17.5. The van der Waals surface area contributed by atoms with Crippen LogP contribution in [0.1, 0.15) is 44.7 Å². The van der Waals surface area contributed by atoms with Crippen molar-refractivity contribution in [3.8, 4) is 0 Å². The summed E-state index contributed by atoms with van der Waals surface area (Å²) in [6.07, 6.45) is 2.80. The number of piperidine rings is 1. The number of nitrogens with one attached hydrogen (secondary N) is 1. The van der Waals surface area contributed by atoms with Gasteiger partial charge in [-0.2, -0.15) is 0 Å². The van der Waals surface area contributed by atoms with Gasteiger partial charge >= 0.3 is 6.03 Å². The maximum Gasteiger partial charge on any atom is 0.317 e. The number of ether oxygens (including phenoxy) is 2. The molecule has 1 aromatic rings. The first-order valence-electron chi connectivity index (χ1n) is 10.6. The number of carbonyl (C=O) groups excluding carboxylic acids is 1. The van der Waals surface area contributed by atoms with Crippen LogP contribution in [0.4, 0.5) is 4.79 Å². The molecule has 0 aliphatic carbocycles. The van der Waals surface area contributed by atoms with E-state index in [4.69, 9.17) is 9.47 Å². The number of hydrogen-bond donors (Lipinski definition) is 1. The van der Waals surface area contributed by atoms with E-state index in [0.29, 0.717) is 19.7 Å². The fourth-order valence-corrected chi connectivity index (χ4v) is 4.22. The summed E-state index contributed by atoms with van der Waals surface area (Å²) in [6.45, 7) is 11.9. The summed E-state index contributed by atoms with van der Waals surface area (Å²) >= 11 is 0. The number of carbonyl (C=O) groups is 1. The van der Waals surface area contributed by atoms with Crippen LogP contribution in [-0.2, 0) is 22.6 Å². The fraction of sp³-hybridized carbons (Fsp3) is 0.682. The average molecular weight is 390 g/mol. The van der Waals surface area contributed by atoms with Gasteiger partial charge in [0.15, 0.2) is 0 Å². The Kier molecular flexibility index (Phi) is 7.71. The second-order valence-corrected chi connectivity index (χ2v) is 8.09. The van der Waals surface area contributed by atoms with Crippen LogP contribution in [0.3, 0.4) is 0 Å². The minimum atomic E-state index is 0.00442. The third-order valence-corrected chi connectivity index (χ3v) is 5.44. The molecular formula is C22H35N3O3. The van der Waals surface area contributed by atoms with Gasteiger partial charge in [-0.15, -0.1) is 0 Å². The highest BCUT2D eigenvalue weighted by Gasteiger charge is 2.24. The topological polar surface area (TPSA) is 54.0 Å². The first kappa shape index (κ1) is 21.1. The van der Waals surface area contributed by atoms with Crippen molar-refractivity contribution in [3.05, 3.63) is 35.4 Å². The molecule has 6 nitrogen and oxygen atoms in total. The summed E-state index contributed by atoms with van der Waals surface area (Å²) in [5.74, 6) is 0. The van der Waals surface area contributed by atoms with Crippen LogP contribution in [0.2, 0.25) is 0 Å². The lowest BCUT2D eigenvalue weighted by Crippen LogP contribution is -2.47. The Morgan fingerprint density at radius 1 is 1.14 bits per heavy atom. The molecule has 2 aliphatic heterocycles. The molecule has 2 heterocycles. The molecule has 0 bridgehead atoms. The molecule has 28 heavy (non-hydrogen) atoms. The minimum Gasteiger partial charge on any atom is -0.377 e. The Bertz CT molecular complexity index is 610. The van der Waals surface area contributed by atoms with Crippen LogP contribution in [0.5, 0.6) is 0 Å². The van der Waals surface area contributed by atoms with Crippen LogP contribution >= 0.6 is 0 Å². The van der Waals surface area contributed by atoms with Crippen molar-refractivity contribution in [2.45, 2.75) is 65.0 Å². The third kappa shape index (κ3) is 6.19. The SMILES string of the molecule is CCOC1CCCN(C(=O)NCc2ccc(CN3CC(C)OC(C)C3)cc2)C1. The lowest BCUT2D eigenvalue weighted by atomic mass is 10.1. The molecule has 1 aromatic carbocycles. The van der Waals surface area contributed by atoms with Gasteiger partial charge in [-0.05, 0) is 44.7 Å². The van der Waals surface area contributed by atoms with Crippen molar-refractivity contribution in [1.29, 1.82) is 0 Å². The molecule has 6 heteroatoms. The third-order valence-electron chi connectivity index (χ3n) is 5.44. The number of amides is 2. The van der Waals surface area contributed by atoms with Crippen molar-refractivity contribution in [2.24, 2.45) is 0 Å². The maximum atomic E-state index is 12.5. The number of benzene rings is 1. The van der Waals surface area contributed by atoms with Gasteiger partial charge in [-0.1, -0.05) is 24.3 Å². The standard InChI is InChI=1S/C22H35N3O3/c1-4-27-21-6-5-11-25(16-21)22(26)23-12-19-7-9-20(10-8-19)15-24-13-17(2)28-18(3)14-24/h7-10,17-18,21H,4-6,11-16H2,1-3H3,(H,23,26). The molecule has 0 radical (unpaired) electrons. The number of hydrogen-bond acceptors (Lipinski definition) is 4. The van der Waals surface area contributed by atoms with Crippen molar-refractivity contribution in [1.82, 2.24) is 15.1 Å². The Hall–Kier alpha value is -1.63. The van der Waals surface area contributed by atoms with Crippen LogP contribution in [0, 0.1) is 0 Å². The van der Waals surface area contributed by atoms with Crippen molar-refractivity contribution < 1.29 is 14.3 Å². The molecule has 2 fully saturated rings. The average Bonchev–Trinajstić information content (AvgIpc) is 2.67. The highest BCUT2D eigenvalue weighted by atomic mass is 16.5. The second-order valence-electron chi connectivity index (χ2n) is 8.09. The molecule has 3 atom stereocenters. The Morgan fingerprint density at radius 3 is 2.50 bits per heavy atom. The number of likely N-dealkylation sites (tertiary alicyclic amines) is 1. The van der Waals surface area contributed by atoms with E-state index in [1.807, 2.05) is 11.8 Å². The summed E-state index contributed by atoms with van der Waals surface area (Å²) in [7, 11) is 0. The quantitative estimate of drug-likeness (QED) is 0.813. The summed E-state index contributed by atoms with van der Waals surface area (Å²) in [5, 5.41) is 3.05. The summed E-state index contributed by atoms with van der Waals surface area (Å²) < 4.78 is 11.5. The van der Waals surface area contributed by atoms with Gasteiger partial charge in [-0.3, -0.25) is 4.90 Å². The molecule has 0 spiro atoms. The van der Waals surface area contributed by atoms with E-state index in [1.54, 1.807) is 0 Å². The van der Waals surface area contributed by atoms with Gasteiger partial charge in [0.2, 0.25) is 0 Å². The maximum absolute atomic E-state index is 12.5. The van der Waals surface area contributed by atoms with E-state index in [1.165, 1.54) is 5.56 Å². The number of nitrogens with zero attached hydrogens (tertiary/aromatic N) is 2. The molecule has 3 unspecified atom stereocenters. The van der Waals surface area contributed by atoms with Gasteiger partial charge in [0, 0.05) is 45.9 Å². The van der Waals surface area contributed by atoms with Gasteiger partial charge < -0.3 is 19.7 Å². The Balaban J connectivity index is 1.44. The zero-order chi connectivity index (χ0) is 19.9. The number of urea groups is 1. The molecule has 2 amide bonds.